The second kappa shape index (κ2) is 11.6. The molecule has 20 heteroatoms. The first kappa shape index (κ1) is 31.2. The highest BCUT2D eigenvalue weighted by Crippen LogP contribution is 2.47. The fourth-order valence-electron chi connectivity index (χ4n) is 4.90. The van der Waals surface area contributed by atoms with Crippen molar-refractivity contribution in [2.45, 2.75) is 20.0 Å². The lowest BCUT2D eigenvalue weighted by Gasteiger charge is -2.12. The lowest BCUT2D eigenvalue weighted by Crippen LogP contribution is -2.36. The van der Waals surface area contributed by atoms with Gasteiger partial charge < -0.3 is 38.8 Å². The first-order chi connectivity index (χ1) is 22.2. The van der Waals surface area contributed by atoms with Crippen LogP contribution in [0.25, 0.3) is 11.0 Å². The molecule has 18 nitrogen and oxygen atoms in total. The van der Waals surface area contributed by atoms with E-state index in [9.17, 15) is 43.8 Å². The Labute approximate surface area is 267 Å². The van der Waals surface area contributed by atoms with Gasteiger partial charge in [0, 0.05) is 24.8 Å². The molecule has 1 saturated heterocycles. The summed E-state index contributed by atoms with van der Waals surface area (Å²) in [6.45, 7) is -1.29. The number of fused-ring (bicyclic) bond motifs is 2. The first-order valence-corrected chi connectivity index (χ1v) is 14.8. The van der Waals surface area contributed by atoms with Crippen molar-refractivity contribution >= 4 is 68.8 Å². The number of hydrogen-bond acceptors (Lipinski definition) is 14. The number of aliphatic carboxylic acids is 3. The number of anilines is 1. The second-order valence-corrected chi connectivity index (χ2v) is 12.0. The maximum Gasteiger partial charge on any atom is 0.323 e. The van der Waals surface area contributed by atoms with Crippen LogP contribution < -0.4 is 40.3 Å². The molecule has 0 saturated carbocycles. The zero-order valence-electron chi connectivity index (χ0n) is 24.0. The Morgan fingerprint density at radius 2 is 1.53 bits per heavy atom. The Morgan fingerprint density at radius 1 is 0.894 bits per heavy atom. The molecule has 3 N–H and O–H groups in total. The minimum absolute atomic E-state index is 0.0581. The molecule has 1 aromatic carbocycles. The van der Waals surface area contributed by atoms with Crippen molar-refractivity contribution in [3.05, 3.63) is 64.5 Å². The van der Waals surface area contributed by atoms with Crippen molar-refractivity contribution in [1.82, 2.24) is 14.0 Å². The normalized spacial score (nSPS) is 18.6. The number of hydrogen-bond donors (Lipinski definition) is 3. The van der Waals surface area contributed by atoms with Crippen molar-refractivity contribution in [2.24, 2.45) is 0 Å². The summed E-state index contributed by atoms with van der Waals surface area (Å²) < 4.78 is 23.3. The monoisotopic (exact) mass is 688 g/mol. The van der Waals surface area contributed by atoms with E-state index in [1.165, 1.54) is 6.08 Å². The van der Waals surface area contributed by atoms with Crippen LogP contribution in [0.4, 0.5) is 10.5 Å². The van der Waals surface area contributed by atoms with E-state index in [1.54, 1.807) is 31.0 Å². The van der Waals surface area contributed by atoms with Crippen LogP contribution in [-0.2, 0) is 32.3 Å². The first-order valence-electron chi connectivity index (χ1n) is 13.2. The lowest BCUT2D eigenvalue weighted by atomic mass is 10.2. The van der Waals surface area contributed by atoms with Crippen molar-refractivity contribution < 1.29 is 57.9 Å². The summed E-state index contributed by atoms with van der Waals surface area (Å²) in [5.41, 5.74) is -2.30. The smallest absolute Gasteiger partial charge is 0.323 e. The van der Waals surface area contributed by atoms with Gasteiger partial charge >= 0.3 is 17.9 Å². The highest BCUT2D eigenvalue weighted by atomic mass is 32.2. The van der Waals surface area contributed by atoms with E-state index in [2.05, 4.69) is 0 Å². The molecule has 6 rings (SSSR count). The zero-order chi connectivity index (χ0) is 33.9. The number of benzene rings is 1. The largest absolute Gasteiger partial charge is 0.480 e. The molecule has 0 aliphatic carbocycles. The Kier molecular flexibility index (Phi) is 7.68. The number of thiazole rings is 1. The number of carboxylic acid groups (broad SMARTS) is 3. The summed E-state index contributed by atoms with van der Waals surface area (Å²) in [5, 5.41) is 27.1. The molecule has 0 atom stereocenters. The van der Waals surface area contributed by atoms with Crippen LogP contribution in [0, 0.1) is 10.1 Å². The van der Waals surface area contributed by atoms with Gasteiger partial charge in [0.25, 0.3) is 22.3 Å². The number of ether oxygens (including phenoxy) is 3. The van der Waals surface area contributed by atoms with E-state index >= 15 is 0 Å². The molecule has 1 fully saturated rings. The van der Waals surface area contributed by atoms with Crippen molar-refractivity contribution in [3.63, 3.8) is 0 Å². The van der Waals surface area contributed by atoms with E-state index in [4.69, 9.17) is 23.7 Å². The molecule has 3 aliphatic rings. The van der Waals surface area contributed by atoms with Gasteiger partial charge in [-0.15, -0.1) is 11.3 Å². The van der Waals surface area contributed by atoms with Gasteiger partial charge in [-0.1, -0.05) is 0 Å². The van der Waals surface area contributed by atoms with Gasteiger partial charge in [0.2, 0.25) is 23.6 Å². The minimum atomic E-state index is -1.54. The van der Waals surface area contributed by atoms with Crippen molar-refractivity contribution in [1.29, 1.82) is 0 Å². The third-order valence-corrected chi connectivity index (χ3v) is 8.98. The highest BCUT2D eigenvalue weighted by Gasteiger charge is 2.39. The molecular weight excluding hydrogens is 668 g/mol. The van der Waals surface area contributed by atoms with E-state index in [0.29, 0.717) is 55.2 Å². The number of carbonyl (C=O) groups is 5. The lowest BCUT2D eigenvalue weighted by molar-refractivity contribution is -0.140. The molecule has 0 unspecified atom stereocenters. The molecule has 0 spiro atoms. The average molecular weight is 689 g/mol. The van der Waals surface area contributed by atoms with Gasteiger partial charge in [-0.2, -0.15) is 0 Å². The number of imide groups is 1. The summed E-state index contributed by atoms with van der Waals surface area (Å²) >= 11 is 0.873. The van der Waals surface area contributed by atoms with Crippen LogP contribution in [0.3, 0.4) is 0 Å². The number of oxazole rings is 1. The number of aromatic nitrogens is 2. The van der Waals surface area contributed by atoms with Gasteiger partial charge in [0.1, 0.15) is 29.2 Å². The Bertz CT molecular complexity index is 2330. The SMILES string of the molecule is C/C(C=c1s/c(=c2/o/c(=C3/SC(=O)N(CC(=O)O)C3=O)n(CC(=O)O)c2=O)n(CC(=O)O)c1=O)=C1\Oc2cc3c(cc2N1C)OCO3. The van der Waals surface area contributed by atoms with Gasteiger partial charge in [0.15, 0.2) is 17.2 Å². The predicted octanol–water partition coefficient (Wildman–Crippen LogP) is -0.722. The van der Waals surface area contributed by atoms with Gasteiger partial charge in [-0.05, 0) is 24.8 Å². The van der Waals surface area contributed by atoms with Crippen LogP contribution in [0.1, 0.15) is 6.92 Å². The standard InChI is InChI=1S/C27H20N4O14S2/c1-10(24-28(2)11-4-13-14(43-9-42-13)5-12(11)44-24)3-15-21(38)30(7-17(34)35)26(46-15)19-22(39)29(6-16(32)33)25(45-19)20-23(40)31(8-18(36)37)27(41)47-20/h3-5H,6-9H2,1-2H3,(H,32,33)(H,34,35)(H,36,37)/b15-3?,24-10+,25-20+,26-19+. The minimum Gasteiger partial charge on any atom is -0.480 e. The number of thioether (sulfide) groups is 1. The Hall–Kier alpha value is -5.76. The van der Waals surface area contributed by atoms with E-state index in [1.807, 2.05) is 0 Å². The Balaban J connectivity index is 1.58. The van der Waals surface area contributed by atoms with Crippen LogP contribution in [0.15, 0.2) is 37.6 Å². The number of amides is 2. The summed E-state index contributed by atoms with van der Waals surface area (Å²) in [6.07, 6.45) is 1.40. The van der Waals surface area contributed by atoms with Crippen molar-refractivity contribution in [3.8, 4) is 17.2 Å². The summed E-state index contributed by atoms with van der Waals surface area (Å²) in [7, 11) is 1.71. The predicted molar refractivity (Wildman–Crippen MR) is 158 cm³/mol. The van der Waals surface area contributed by atoms with Gasteiger partial charge in [-0.25, -0.2) is 0 Å². The molecule has 0 radical (unpaired) electrons. The molecule has 47 heavy (non-hydrogen) atoms. The van der Waals surface area contributed by atoms with E-state index in [0.717, 1.165) is 4.57 Å². The molecule has 3 aromatic rings. The van der Waals surface area contributed by atoms with E-state index < -0.39 is 75.7 Å². The van der Waals surface area contributed by atoms with Crippen LogP contribution in [0.2, 0.25) is 0 Å². The number of carbonyl (C=O) groups excluding carboxylic acids is 2. The topological polar surface area (TPSA) is 237 Å². The second-order valence-electron chi connectivity index (χ2n) is 10.0. The Morgan fingerprint density at radius 3 is 2.19 bits per heavy atom. The molecule has 2 aromatic heterocycles. The fraction of sp³-hybridized carbons (Fsp3) is 0.222. The third-order valence-electron chi connectivity index (χ3n) is 6.92. The summed E-state index contributed by atoms with van der Waals surface area (Å²) in [5.74, 6) is -3.89. The summed E-state index contributed by atoms with van der Waals surface area (Å²) in [4.78, 5) is 88.4. The van der Waals surface area contributed by atoms with E-state index in [-0.39, 0.29) is 27.7 Å². The van der Waals surface area contributed by atoms with Gasteiger partial charge in [-0.3, -0.25) is 47.6 Å². The number of nitrogens with zero attached hydrogens (tertiary/aromatic N) is 4. The maximum atomic E-state index is 13.5. The number of allylic oxidation sites excluding steroid dienone is 1. The average Bonchev–Trinajstić information content (AvgIpc) is 3.79. The maximum absolute atomic E-state index is 13.5. The highest BCUT2D eigenvalue weighted by molar-refractivity contribution is 8.22. The van der Waals surface area contributed by atoms with Crippen molar-refractivity contribution in [2.75, 3.05) is 25.3 Å². The third kappa shape index (κ3) is 5.42. The quantitative estimate of drug-likeness (QED) is 0.278. The zero-order valence-corrected chi connectivity index (χ0v) is 25.6. The molecular formula is C27H20N4O14S2. The van der Waals surface area contributed by atoms with Crippen LogP contribution in [0.5, 0.6) is 17.2 Å². The number of carboxylic acids is 3. The molecule has 0 bridgehead atoms. The van der Waals surface area contributed by atoms with Crippen LogP contribution >= 0.6 is 23.1 Å². The molecule has 2 amide bonds. The fourth-order valence-corrected chi connectivity index (χ4v) is 6.89. The van der Waals surface area contributed by atoms with Gasteiger partial charge in [0.05, 0.1) is 10.2 Å². The molecule has 244 valence electrons. The van der Waals surface area contributed by atoms with Crippen LogP contribution in [-0.4, -0.2) is 78.8 Å². The molecule has 3 aliphatic heterocycles. The molecule has 5 heterocycles. The number of rotatable bonds is 7. The summed E-state index contributed by atoms with van der Waals surface area (Å²) in [6, 6.07) is 3.37.